The van der Waals surface area contributed by atoms with Gasteiger partial charge in [0, 0.05) is 15.8 Å². The van der Waals surface area contributed by atoms with Crippen LogP contribution in [0.1, 0.15) is 33.5 Å². The summed E-state index contributed by atoms with van der Waals surface area (Å²) in [6.07, 6.45) is 0. The SMILES string of the molecule is Cc1c(C(=O)NCC(C)(O)c2cccs2)oc2c(C)cccc12. The Kier molecular flexibility index (Phi) is 4.00. The van der Waals surface area contributed by atoms with Gasteiger partial charge in [-0.15, -0.1) is 11.3 Å². The molecule has 5 heteroatoms. The van der Waals surface area contributed by atoms with Crippen molar-refractivity contribution in [3.63, 3.8) is 0 Å². The lowest BCUT2D eigenvalue weighted by Crippen LogP contribution is -2.38. The van der Waals surface area contributed by atoms with E-state index in [4.69, 9.17) is 4.42 Å². The number of aliphatic hydroxyl groups is 1. The van der Waals surface area contributed by atoms with Crippen molar-refractivity contribution in [1.82, 2.24) is 5.32 Å². The van der Waals surface area contributed by atoms with Crippen molar-refractivity contribution >= 4 is 28.2 Å². The molecule has 2 N–H and O–H groups in total. The van der Waals surface area contributed by atoms with E-state index in [2.05, 4.69) is 5.32 Å². The van der Waals surface area contributed by atoms with Crippen LogP contribution in [0.15, 0.2) is 40.1 Å². The predicted octanol–water partition coefficient (Wildman–Crippen LogP) is 3.75. The Labute approximate surface area is 138 Å². The fraction of sp³-hybridized carbons (Fsp3) is 0.278. The Morgan fingerprint density at radius 2 is 2.09 bits per heavy atom. The molecular formula is C18H19NO3S. The van der Waals surface area contributed by atoms with Gasteiger partial charge in [-0.05, 0) is 37.8 Å². The Bertz CT molecular complexity index is 847. The zero-order valence-electron chi connectivity index (χ0n) is 13.3. The molecule has 23 heavy (non-hydrogen) atoms. The molecule has 1 amide bonds. The first-order valence-corrected chi connectivity index (χ1v) is 8.31. The Hall–Kier alpha value is -2.11. The van der Waals surface area contributed by atoms with Crippen LogP contribution in [0.25, 0.3) is 11.0 Å². The molecule has 0 saturated heterocycles. The number of thiophene rings is 1. The van der Waals surface area contributed by atoms with Gasteiger partial charge in [-0.2, -0.15) is 0 Å². The van der Waals surface area contributed by atoms with Crippen molar-refractivity contribution in [2.75, 3.05) is 6.54 Å². The van der Waals surface area contributed by atoms with Gasteiger partial charge in [0.2, 0.25) is 0 Å². The molecular weight excluding hydrogens is 310 g/mol. The second-order valence-electron chi connectivity index (χ2n) is 5.94. The maximum Gasteiger partial charge on any atom is 0.287 e. The molecule has 0 bridgehead atoms. The van der Waals surface area contributed by atoms with Gasteiger partial charge in [-0.3, -0.25) is 4.79 Å². The van der Waals surface area contributed by atoms with Crippen molar-refractivity contribution in [1.29, 1.82) is 0 Å². The van der Waals surface area contributed by atoms with Crippen LogP contribution in [0.5, 0.6) is 0 Å². The van der Waals surface area contributed by atoms with E-state index in [0.717, 1.165) is 27.0 Å². The molecule has 0 radical (unpaired) electrons. The van der Waals surface area contributed by atoms with Crippen molar-refractivity contribution in [2.24, 2.45) is 0 Å². The summed E-state index contributed by atoms with van der Waals surface area (Å²) in [5, 5.41) is 16.1. The molecule has 0 spiro atoms. The monoisotopic (exact) mass is 329 g/mol. The lowest BCUT2D eigenvalue weighted by molar-refractivity contribution is 0.0548. The van der Waals surface area contributed by atoms with E-state index in [9.17, 15) is 9.90 Å². The molecule has 3 aromatic rings. The summed E-state index contributed by atoms with van der Waals surface area (Å²) in [4.78, 5) is 13.3. The van der Waals surface area contributed by atoms with E-state index in [1.54, 1.807) is 6.92 Å². The molecule has 0 saturated carbocycles. The Morgan fingerprint density at radius 3 is 2.74 bits per heavy atom. The predicted molar refractivity (Wildman–Crippen MR) is 91.9 cm³/mol. The molecule has 4 nitrogen and oxygen atoms in total. The van der Waals surface area contributed by atoms with Gasteiger partial charge in [0.25, 0.3) is 5.91 Å². The quantitative estimate of drug-likeness (QED) is 0.766. The lowest BCUT2D eigenvalue weighted by Gasteiger charge is -2.22. The van der Waals surface area contributed by atoms with Crippen molar-refractivity contribution in [3.8, 4) is 0 Å². The number of para-hydroxylation sites is 1. The first kappa shape index (κ1) is 15.8. The number of nitrogens with one attached hydrogen (secondary N) is 1. The highest BCUT2D eigenvalue weighted by atomic mass is 32.1. The Morgan fingerprint density at radius 1 is 1.30 bits per heavy atom. The van der Waals surface area contributed by atoms with Crippen LogP contribution in [0, 0.1) is 13.8 Å². The molecule has 2 heterocycles. The second-order valence-corrected chi connectivity index (χ2v) is 6.89. The van der Waals surface area contributed by atoms with Crippen LogP contribution in [0.3, 0.4) is 0 Å². The largest absolute Gasteiger partial charge is 0.450 e. The van der Waals surface area contributed by atoms with Gasteiger partial charge in [-0.25, -0.2) is 0 Å². The fourth-order valence-corrected chi connectivity index (χ4v) is 3.39. The number of hydrogen-bond donors (Lipinski definition) is 2. The van der Waals surface area contributed by atoms with Gasteiger partial charge in [0.1, 0.15) is 11.2 Å². The minimum Gasteiger partial charge on any atom is -0.450 e. The van der Waals surface area contributed by atoms with E-state index >= 15 is 0 Å². The molecule has 1 unspecified atom stereocenters. The normalized spacial score (nSPS) is 13.9. The number of carbonyl (C=O) groups excluding carboxylic acids is 1. The van der Waals surface area contributed by atoms with Crippen LogP contribution >= 0.6 is 11.3 Å². The third kappa shape index (κ3) is 2.90. The van der Waals surface area contributed by atoms with Gasteiger partial charge >= 0.3 is 0 Å². The number of benzene rings is 1. The van der Waals surface area contributed by atoms with Crippen LogP contribution in [-0.4, -0.2) is 17.6 Å². The minimum absolute atomic E-state index is 0.127. The topological polar surface area (TPSA) is 62.5 Å². The number of carbonyl (C=O) groups is 1. The average molecular weight is 329 g/mol. The van der Waals surface area contributed by atoms with E-state index in [1.807, 2.05) is 49.6 Å². The second kappa shape index (κ2) is 5.83. The highest BCUT2D eigenvalue weighted by Gasteiger charge is 2.26. The maximum absolute atomic E-state index is 12.5. The molecule has 0 aliphatic heterocycles. The third-order valence-electron chi connectivity index (χ3n) is 4.01. The highest BCUT2D eigenvalue weighted by Crippen LogP contribution is 2.28. The summed E-state index contributed by atoms with van der Waals surface area (Å²) in [6, 6.07) is 9.58. The fourth-order valence-electron chi connectivity index (χ4n) is 2.61. The van der Waals surface area contributed by atoms with Crippen LogP contribution in [-0.2, 0) is 5.60 Å². The van der Waals surface area contributed by atoms with Gasteiger partial charge in [0.05, 0.1) is 6.54 Å². The summed E-state index contributed by atoms with van der Waals surface area (Å²) in [6.45, 7) is 5.64. The van der Waals surface area contributed by atoms with Gasteiger partial charge < -0.3 is 14.8 Å². The highest BCUT2D eigenvalue weighted by molar-refractivity contribution is 7.10. The molecule has 0 aliphatic rings. The van der Waals surface area contributed by atoms with Crippen LogP contribution in [0.4, 0.5) is 0 Å². The van der Waals surface area contributed by atoms with E-state index in [0.29, 0.717) is 5.76 Å². The number of hydrogen-bond acceptors (Lipinski definition) is 4. The molecule has 120 valence electrons. The van der Waals surface area contributed by atoms with Crippen molar-refractivity contribution in [3.05, 3.63) is 57.5 Å². The van der Waals surface area contributed by atoms with Crippen LogP contribution < -0.4 is 5.32 Å². The van der Waals surface area contributed by atoms with E-state index in [-0.39, 0.29) is 12.5 Å². The van der Waals surface area contributed by atoms with Crippen LogP contribution in [0.2, 0.25) is 0 Å². The van der Waals surface area contributed by atoms with E-state index in [1.165, 1.54) is 11.3 Å². The van der Waals surface area contributed by atoms with Crippen molar-refractivity contribution in [2.45, 2.75) is 26.4 Å². The first-order chi connectivity index (χ1) is 10.9. The Balaban J connectivity index is 1.82. The smallest absolute Gasteiger partial charge is 0.287 e. The summed E-state index contributed by atoms with van der Waals surface area (Å²) >= 11 is 1.46. The average Bonchev–Trinajstić information content (AvgIpc) is 3.15. The zero-order valence-corrected chi connectivity index (χ0v) is 14.2. The number of rotatable bonds is 4. The third-order valence-corrected chi connectivity index (χ3v) is 5.14. The van der Waals surface area contributed by atoms with Gasteiger partial charge in [0.15, 0.2) is 5.76 Å². The maximum atomic E-state index is 12.5. The number of amides is 1. The number of furan rings is 1. The van der Waals surface area contributed by atoms with Gasteiger partial charge in [-0.1, -0.05) is 24.3 Å². The molecule has 1 atom stereocenters. The standard InChI is InChI=1S/C18H19NO3S/c1-11-6-4-7-13-12(2)16(22-15(11)13)17(20)19-10-18(3,21)14-8-5-9-23-14/h4-9,21H,10H2,1-3H3,(H,19,20). The molecule has 0 aliphatic carbocycles. The minimum atomic E-state index is -1.10. The molecule has 2 aromatic heterocycles. The van der Waals surface area contributed by atoms with E-state index < -0.39 is 5.60 Å². The van der Waals surface area contributed by atoms with Crippen molar-refractivity contribution < 1.29 is 14.3 Å². The first-order valence-electron chi connectivity index (χ1n) is 7.43. The summed E-state index contributed by atoms with van der Waals surface area (Å²) in [5.74, 6) is -0.00814. The zero-order chi connectivity index (χ0) is 16.6. The summed E-state index contributed by atoms with van der Waals surface area (Å²) < 4.78 is 5.76. The summed E-state index contributed by atoms with van der Waals surface area (Å²) in [7, 11) is 0. The summed E-state index contributed by atoms with van der Waals surface area (Å²) in [5.41, 5.74) is 1.45. The number of aryl methyl sites for hydroxylation is 2. The number of fused-ring (bicyclic) bond motifs is 1. The molecule has 0 fully saturated rings. The molecule has 3 rings (SSSR count). The lowest BCUT2D eigenvalue weighted by atomic mass is 10.1. The molecule has 1 aromatic carbocycles.